The Morgan fingerprint density at radius 1 is 1.37 bits per heavy atom. The van der Waals surface area contributed by atoms with Crippen LogP contribution in [0.1, 0.15) is 5.01 Å². The number of hydrogen-bond acceptors (Lipinski definition) is 8. The number of allylic oxidation sites excluding steroid dienone is 1. The minimum atomic E-state index is -0.614. The molecule has 136 valence electrons. The lowest BCUT2D eigenvalue weighted by atomic mass is 10.2. The Morgan fingerprint density at radius 2 is 2.15 bits per heavy atom. The summed E-state index contributed by atoms with van der Waals surface area (Å²) in [6, 6.07) is 13.3. The highest BCUT2D eigenvalue weighted by atomic mass is 32.1. The summed E-state index contributed by atoms with van der Waals surface area (Å²) in [5, 5.41) is 31.2. The Balaban J connectivity index is 1.88. The number of fused-ring (bicyclic) bond motifs is 1. The van der Waals surface area contributed by atoms with E-state index in [-0.39, 0.29) is 22.8 Å². The highest BCUT2D eigenvalue weighted by Crippen LogP contribution is 2.32. The van der Waals surface area contributed by atoms with Gasteiger partial charge in [0.2, 0.25) is 0 Å². The predicted octanol–water partition coefficient (Wildman–Crippen LogP) is 4.08. The third-order valence-corrected chi connectivity index (χ3v) is 4.69. The van der Waals surface area contributed by atoms with Crippen LogP contribution in [0.5, 0.6) is 11.5 Å². The molecule has 0 saturated carbocycles. The van der Waals surface area contributed by atoms with E-state index in [9.17, 15) is 20.5 Å². The van der Waals surface area contributed by atoms with Crippen LogP contribution in [0.25, 0.3) is 15.8 Å². The zero-order chi connectivity index (χ0) is 19.4. The van der Waals surface area contributed by atoms with E-state index in [0.717, 1.165) is 4.70 Å². The first-order valence-electron chi connectivity index (χ1n) is 7.67. The topological polar surface area (TPSA) is 119 Å². The van der Waals surface area contributed by atoms with Gasteiger partial charge in [-0.15, -0.1) is 11.3 Å². The average molecular weight is 383 g/mol. The third kappa shape index (κ3) is 3.80. The second-order valence-corrected chi connectivity index (χ2v) is 6.33. The molecule has 3 rings (SSSR count). The van der Waals surface area contributed by atoms with Crippen LogP contribution in [-0.4, -0.2) is 28.7 Å². The second-order valence-electron chi connectivity index (χ2n) is 5.30. The van der Waals surface area contributed by atoms with Crippen LogP contribution >= 0.6 is 11.3 Å². The number of para-hydroxylation sites is 1. The summed E-state index contributed by atoms with van der Waals surface area (Å²) in [6.45, 7) is -0.411. The summed E-state index contributed by atoms with van der Waals surface area (Å²) in [4.78, 5) is 14.9. The van der Waals surface area contributed by atoms with Gasteiger partial charge in [0.1, 0.15) is 29.0 Å². The van der Waals surface area contributed by atoms with Crippen molar-refractivity contribution in [1.82, 2.24) is 4.98 Å². The van der Waals surface area contributed by atoms with Crippen molar-refractivity contribution in [3.8, 4) is 17.6 Å². The normalized spacial score (nSPS) is 11.6. The summed E-state index contributed by atoms with van der Waals surface area (Å²) < 4.78 is 11.2. The number of aliphatic hydroxyl groups is 1. The van der Waals surface area contributed by atoms with E-state index in [0.29, 0.717) is 16.3 Å². The minimum absolute atomic E-state index is 0.0348. The number of aliphatic hydroxyl groups excluding tert-OH is 1. The summed E-state index contributed by atoms with van der Waals surface area (Å²) in [7, 11) is 1.39. The second kappa shape index (κ2) is 7.72. The number of nitro groups is 1. The van der Waals surface area contributed by atoms with Gasteiger partial charge in [0, 0.05) is 0 Å². The fourth-order valence-electron chi connectivity index (χ4n) is 2.32. The van der Waals surface area contributed by atoms with Crippen molar-refractivity contribution in [1.29, 1.82) is 5.26 Å². The van der Waals surface area contributed by atoms with Gasteiger partial charge in [0.15, 0.2) is 11.5 Å². The van der Waals surface area contributed by atoms with Crippen molar-refractivity contribution in [3.05, 3.63) is 63.3 Å². The van der Waals surface area contributed by atoms with Crippen LogP contribution in [0.4, 0.5) is 5.69 Å². The SMILES string of the molecule is COc1ccc(OC/C(O)=C(\C#N)c2nc3ccccc3s2)c([N+](=O)[O-])c1. The number of rotatable bonds is 6. The molecule has 0 saturated heterocycles. The zero-order valence-corrected chi connectivity index (χ0v) is 14.9. The molecule has 27 heavy (non-hydrogen) atoms. The van der Waals surface area contributed by atoms with Crippen LogP contribution in [-0.2, 0) is 0 Å². The first-order chi connectivity index (χ1) is 13.0. The Kier molecular flexibility index (Phi) is 5.19. The van der Waals surface area contributed by atoms with Crippen LogP contribution < -0.4 is 9.47 Å². The number of aromatic nitrogens is 1. The van der Waals surface area contributed by atoms with Gasteiger partial charge in [-0.1, -0.05) is 12.1 Å². The number of nitriles is 1. The fourth-order valence-corrected chi connectivity index (χ4v) is 3.30. The molecular formula is C18H13N3O5S. The Bertz CT molecular complexity index is 1050. The van der Waals surface area contributed by atoms with Crippen LogP contribution in [0.3, 0.4) is 0 Å². The summed E-state index contributed by atoms with van der Waals surface area (Å²) in [5.74, 6) is -0.100. The number of nitro benzene ring substituents is 1. The largest absolute Gasteiger partial charge is 0.507 e. The van der Waals surface area contributed by atoms with Crippen molar-refractivity contribution >= 4 is 32.8 Å². The molecule has 3 aromatic rings. The highest BCUT2D eigenvalue weighted by Gasteiger charge is 2.19. The van der Waals surface area contributed by atoms with Gasteiger partial charge in [-0.05, 0) is 24.3 Å². The number of methoxy groups -OCH3 is 1. The van der Waals surface area contributed by atoms with Crippen molar-refractivity contribution in [2.75, 3.05) is 13.7 Å². The molecule has 1 N–H and O–H groups in total. The average Bonchev–Trinajstić information content (AvgIpc) is 3.10. The molecular weight excluding hydrogens is 370 g/mol. The molecule has 0 bridgehead atoms. The fraction of sp³-hybridized carbons (Fsp3) is 0.111. The maximum Gasteiger partial charge on any atom is 0.314 e. The van der Waals surface area contributed by atoms with E-state index in [1.54, 1.807) is 6.07 Å². The van der Waals surface area contributed by atoms with Crippen molar-refractivity contribution in [2.45, 2.75) is 0 Å². The van der Waals surface area contributed by atoms with Gasteiger partial charge in [0.25, 0.3) is 0 Å². The lowest BCUT2D eigenvalue weighted by molar-refractivity contribution is -0.385. The van der Waals surface area contributed by atoms with Gasteiger partial charge < -0.3 is 14.6 Å². The van der Waals surface area contributed by atoms with Crippen molar-refractivity contribution in [3.63, 3.8) is 0 Å². The van der Waals surface area contributed by atoms with E-state index in [2.05, 4.69) is 4.98 Å². The molecule has 0 aliphatic heterocycles. The first kappa shape index (κ1) is 18.2. The van der Waals surface area contributed by atoms with Gasteiger partial charge in [-0.3, -0.25) is 10.1 Å². The van der Waals surface area contributed by atoms with Crippen LogP contribution in [0.2, 0.25) is 0 Å². The molecule has 0 spiro atoms. The van der Waals surface area contributed by atoms with E-state index in [1.165, 1.54) is 36.6 Å². The summed E-state index contributed by atoms with van der Waals surface area (Å²) in [6.07, 6.45) is 0. The molecule has 0 unspecified atom stereocenters. The number of nitrogens with zero attached hydrogens (tertiary/aromatic N) is 3. The van der Waals surface area contributed by atoms with Crippen molar-refractivity contribution < 1.29 is 19.5 Å². The highest BCUT2D eigenvalue weighted by molar-refractivity contribution is 7.19. The Labute approximate surface area is 157 Å². The molecule has 0 fully saturated rings. The smallest absolute Gasteiger partial charge is 0.314 e. The van der Waals surface area contributed by atoms with Gasteiger partial charge >= 0.3 is 5.69 Å². The summed E-state index contributed by atoms with van der Waals surface area (Å²) >= 11 is 1.26. The van der Waals surface area contributed by atoms with E-state index >= 15 is 0 Å². The van der Waals surface area contributed by atoms with Gasteiger partial charge in [0.05, 0.1) is 28.3 Å². The van der Waals surface area contributed by atoms with Crippen molar-refractivity contribution in [2.24, 2.45) is 0 Å². The molecule has 0 aliphatic carbocycles. The summed E-state index contributed by atoms with van der Waals surface area (Å²) in [5.41, 5.74) is 0.373. The molecule has 0 atom stereocenters. The molecule has 1 aromatic heterocycles. The molecule has 2 aromatic carbocycles. The number of ether oxygens (including phenoxy) is 2. The number of benzene rings is 2. The first-order valence-corrected chi connectivity index (χ1v) is 8.48. The van der Waals surface area contributed by atoms with E-state index < -0.39 is 11.5 Å². The standard InChI is InChI=1S/C18H13N3O5S/c1-25-11-6-7-16(14(8-11)21(23)24)26-10-15(22)12(9-19)18-20-13-4-2-3-5-17(13)27-18/h2-8,22H,10H2,1H3/b15-12-. The molecule has 1 heterocycles. The quantitative estimate of drug-likeness (QED) is 0.295. The maximum absolute atomic E-state index is 11.2. The van der Waals surface area contributed by atoms with E-state index in [4.69, 9.17) is 9.47 Å². The molecule has 8 nitrogen and oxygen atoms in total. The van der Waals surface area contributed by atoms with Gasteiger partial charge in [-0.2, -0.15) is 5.26 Å². The van der Waals surface area contributed by atoms with Crippen LogP contribution in [0, 0.1) is 21.4 Å². The lowest BCUT2D eigenvalue weighted by Crippen LogP contribution is -2.05. The Morgan fingerprint density at radius 3 is 2.81 bits per heavy atom. The maximum atomic E-state index is 11.2. The monoisotopic (exact) mass is 383 g/mol. The zero-order valence-electron chi connectivity index (χ0n) is 14.1. The number of hydrogen-bond donors (Lipinski definition) is 1. The molecule has 0 radical (unpaired) electrons. The minimum Gasteiger partial charge on any atom is -0.507 e. The number of thiazole rings is 1. The molecule has 9 heteroatoms. The Hall–Kier alpha value is -3.64. The predicted molar refractivity (Wildman–Crippen MR) is 99.9 cm³/mol. The molecule has 0 amide bonds. The van der Waals surface area contributed by atoms with E-state index in [1.807, 2.05) is 24.3 Å². The van der Waals surface area contributed by atoms with Crippen LogP contribution in [0.15, 0.2) is 48.2 Å². The molecule has 0 aliphatic rings. The van der Waals surface area contributed by atoms with Gasteiger partial charge in [-0.25, -0.2) is 4.98 Å². The third-order valence-electron chi connectivity index (χ3n) is 3.64. The lowest BCUT2D eigenvalue weighted by Gasteiger charge is -2.08.